The molecule has 0 aliphatic heterocycles. The van der Waals surface area contributed by atoms with Crippen LogP contribution in [-0.4, -0.2) is 43.6 Å². The monoisotopic (exact) mass is 724 g/mol. The Morgan fingerprint density at radius 1 is 0.463 bits per heavy atom. The van der Waals surface area contributed by atoms with E-state index in [0.717, 1.165) is 25.7 Å². The van der Waals surface area contributed by atoms with Crippen LogP contribution in [0.4, 0.5) is 0 Å². The van der Waals surface area contributed by atoms with E-state index in [1.807, 2.05) is 0 Å². The van der Waals surface area contributed by atoms with E-state index in [1.54, 1.807) is 0 Å². The molecule has 0 bridgehead atoms. The topological polar surface area (TPSA) is 80.3 Å². The van der Waals surface area contributed by atoms with Crippen LogP contribution in [0.5, 0.6) is 0 Å². The van der Waals surface area contributed by atoms with Gasteiger partial charge in [-0.25, -0.2) is 0 Å². The minimum absolute atomic E-state index is 0.230. The number of rotatable bonds is 28. The predicted molar refractivity (Wildman–Crippen MR) is 184 cm³/mol. The molecule has 41 heavy (non-hydrogen) atoms. The Balaban J connectivity index is -0.000000642. The Labute approximate surface area is 277 Å². The molecule has 4 nitrogen and oxygen atoms in total. The second kappa shape index (κ2) is 40.4. The number of hydrogen-bond acceptors (Lipinski definition) is 6. The zero-order valence-corrected chi connectivity index (χ0v) is 32.2. The molecular formula is C34H68O4S2Sn. The second-order valence-electron chi connectivity index (χ2n) is 11.5. The molecule has 0 radical (unpaired) electrons. The molecule has 0 aromatic rings. The molecule has 0 aliphatic rings. The van der Waals surface area contributed by atoms with E-state index in [9.17, 15) is 19.8 Å². The first-order chi connectivity index (χ1) is 19.8. The van der Waals surface area contributed by atoms with Gasteiger partial charge < -0.3 is 19.8 Å². The summed E-state index contributed by atoms with van der Waals surface area (Å²) in [6, 6.07) is 0. The number of hydrogen-bond donors (Lipinski definition) is 2. The molecule has 0 N–H and O–H groups in total. The number of carbonyl (C=O) groups is 2. The van der Waals surface area contributed by atoms with Gasteiger partial charge in [0.25, 0.3) is 0 Å². The molecule has 0 rings (SSSR count). The van der Waals surface area contributed by atoms with Crippen LogP contribution in [0.15, 0.2) is 0 Å². The first kappa shape index (κ1) is 45.9. The van der Waals surface area contributed by atoms with Crippen LogP contribution in [0.25, 0.3) is 0 Å². The zero-order chi connectivity index (χ0) is 31.4. The molecule has 0 amide bonds. The number of carbonyl (C=O) groups excluding carboxylic acids is 2. The molecular weight excluding hydrogens is 655 g/mol. The molecule has 0 heterocycles. The predicted octanol–water partition coefficient (Wildman–Crippen LogP) is 9.04. The molecule has 2 atom stereocenters. The summed E-state index contributed by atoms with van der Waals surface area (Å²) in [6.07, 6.45) is 32.5. The van der Waals surface area contributed by atoms with Crippen molar-refractivity contribution in [2.45, 2.75) is 201 Å². The van der Waals surface area contributed by atoms with Gasteiger partial charge >= 0.3 is 31.0 Å². The average molecular weight is 724 g/mol. The Morgan fingerprint density at radius 3 is 0.805 bits per heavy atom. The van der Waals surface area contributed by atoms with Gasteiger partial charge in [-0.3, -0.25) is 0 Å². The van der Waals surface area contributed by atoms with E-state index in [2.05, 4.69) is 49.0 Å². The minimum atomic E-state index is -1.04. The van der Waals surface area contributed by atoms with Crippen molar-refractivity contribution in [3.8, 4) is 0 Å². The number of thiol groups is 2. The summed E-state index contributed by atoms with van der Waals surface area (Å²) in [7, 11) is 0. The van der Waals surface area contributed by atoms with E-state index in [4.69, 9.17) is 0 Å². The summed E-state index contributed by atoms with van der Waals surface area (Å²) in [5.41, 5.74) is 0. The summed E-state index contributed by atoms with van der Waals surface area (Å²) in [5.74, 6) is -2.07. The third-order valence-corrected chi connectivity index (χ3v) is 8.14. The fourth-order valence-corrected chi connectivity index (χ4v) is 4.96. The van der Waals surface area contributed by atoms with E-state index < -0.39 is 22.4 Å². The van der Waals surface area contributed by atoms with Gasteiger partial charge in [0.2, 0.25) is 0 Å². The third-order valence-electron chi connectivity index (χ3n) is 7.21. The number of carboxylic acids is 2. The number of unbranched alkanes of at least 4 members (excludes halogenated alkanes) is 22. The van der Waals surface area contributed by atoms with Crippen LogP contribution in [0.1, 0.15) is 181 Å². The van der Waals surface area contributed by atoms with Gasteiger partial charge in [0.05, 0.1) is 11.9 Å². The molecule has 0 saturated carbocycles. The van der Waals surface area contributed by atoms with Crippen molar-refractivity contribution in [2.75, 3.05) is 0 Å². The van der Waals surface area contributed by atoms with Gasteiger partial charge in [-0.2, -0.15) is 25.3 Å². The second-order valence-corrected chi connectivity index (χ2v) is 15.6. The first-order valence-electron chi connectivity index (χ1n) is 17.1. The molecule has 0 fully saturated rings. The summed E-state index contributed by atoms with van der Waals surface area (Å²) < 4.78 is 0. The van der Waals surface area contributed by atoms with Crippen LogP contribution in [0.2, 0.25) is 9.88 Å². The average Bonchev–Trinajstić information content (AvgIpc) is 2.94. The SMILES string of the molecule is CCCCCCCCCCCCCCC(S)C(=O)[O-].CCCCCCCCCCCCCCC(S)C(=O)[O-].[CH3][Sn+2][CH3]. The van der Waals surface area contributed by atoms with Crippen molar-refractivity contribution in [2.24, 2.45) is 0 Å². The molecule has 244 valence electrons. The summed E-state index contributed by atoms with van der Waals surface area (Å²) in [5, 5.41) is 19.7. The van der Waals surface area contributed by atoms with Crippen molar-refractivity contribution in [1.29, 1.82) is 0 Å². The Kier molecular flexibility index (Phi) is 45.2. The molecule has 0 spiro atoms. The molecule has 0 aliphatic carbocycles. The van der Waals surface area contributed by atoms with Crippen molar-refractivity contribution in [1.82, 2.24) is 0 Å². The van der Waals surface area contributed by atoms with Gasteiger partial charge in [-0.15, -0.1) is 0 Å². The zero-order valence-electron chi connectivity index (χ0n) is 27.6. The summed E-state index contributed by atoms with van der Waals surface area (Å²) in [6.45, 7) is 4.51. The number of aliphatic carboxylic acids is 2. The molecule has 7 heteroatoms. The molecule has 2 unspecified atom stereocenters. The maximum absolute atomic E-state index is 10.4. The maximum atomic E-state index is 10.4. The Hall–Kier alpha value is 0.439. The summed E-state index contributed by atoms with van der Waals surface area (Å²) in [4.78, 5) is 25.5. The van der Waals surface area contributed by atoms with Crippen molar-refractivity contribution in [3.05, 3.63) is 0 Å². The summed E-state index contributed by atoms with van der Waals surface area (Å²) >= 11 is 8.17. The van der Waals surface area contributed by atoms with Crippen LogP contribution >= 0.6 is 25.3 Å². The van der Waals surface area contributed by atoms with Crippen LogP contribution in [0.3, 0.4) is 0 Å². The fraction of sp³-hybridized carbons (Fsp3) is 0.941. The van der Waals surface area contributed by atoms with Gasteiger partial charge in [0.1, 0.15) is 0 Å². The third kappa shape index (κ3) is 45.0. The van der Waals surface area contributed by atoms with Crippen LogP contribution in [-0.2, 0) is 9.59 Å². The fourth-order valence-electron chi connectivity index (χ4n) is 4.59. The quantitative estimate of drug-likeness (QED) is 0.0480. The van der Waals surface area contributed by atoms with Crippen molar-refractivity contribution >= 4 is 58.3 Å². The van der Waals surface area contributed by atoms with E-state index in [0.29, 0.717) is 12.8 Å². The molecule has 0 saturated heterocycles. The first-order valence-corrected chi connectivity index (χ1v) is 23.9. The Morgan fingerprint density at radius 2 is 0.634 bits per heavy atom. The molecule has 0 aromatic heterocycles. The van der Waals surface area contributed by atoms with Crippen molar-refractivity contribution in [3.63, 3.8) is 0 Å². The van der Waals surface area contributed by atoms with E-state index >= 15 is 0 Å². The normalized spacial score (nSPS) is 11.9. The molecule has 0 aromatic carbocycles. The van der Waals surface area contributed by atoms with Crippen LogP contribution in [0, 0.1) is 0 Å². The Bertz CT molecular complexity index is 479. The van der Waals surface area contributed by atoms with E-state index in [-0.39, 0.29) is 21.1 Å². The van der Waals surface area contributed by atoms with Gasteiger partial charge in [0, 0.05) is 10.5 Å². The van der Waals surface area contributed by atoms with Gasteiger partial charge in [0.15, 0.2) is 0 Å². The van der Waals surface area contributed by atoms with Crippen LogP contribution < -0.4 is 10.2 Å². The van der Waals surface area contributed by atoms with E-state index in [1.165, 1.54) is 128 Å². The van der Waals surface area contributed by atoms with Gasteiger partial charge in [-0.05, 0) is 12.8 Å². The van der Waals surface area contributed by atoms with Crippen molar-refractivity contribution < 1.29 is 19.8 Å². The number of carboxylic acid groups (broad SMARTS) is 2. The van der Waals surface area contributed by atoms with Gasteiger partial charge in [-0.1, -0.05) is 168 Å². The standard InChI is InChI=1S/2C16H32O2S.2CH3.Sn/c2*1-2-3-4-5-6-7-8-9-10-11-12-13-14-15(19)16(17)18;;;/h2*15,19H,2-14H2,1H3,(H,17,18);2*1H3;/q;;;;+2/p-2.